The van der Waals surface area contributed by atoms with Gasteiger partial charge in [0.2, 0.25) is 10.0 Å². The third-order valence-corrected chi connectivity index (χ3v) is 3.88. The molecular formula is C12H14N2O2S. The fraction of sp³-hybridized carbons (Fsp3) is 0.250. The first-order valence-corrected chi connectivity index (χ1v) is 6.54. The van der Waals surface area contributed by atoms with E-state index in [2.05, 4.69) is 11.3 Å². The number of nitriles is 1. The Bertz CT molecular complexity index is 571. The number of nitrogens with one attached hydrogen (secondary N) is 1. The molecule has 1 aromatic carbocycles. The van der Waals surface area contributed by atoms with Crippen LogP contribution in [0.25, 0.3) is 0 Å². The van der Waals surface area contributed by atoms with Crippen LogP contribution in [0.5, 0.6) is 0 Å². The normalized spacial score (nSPS) is 12.8. The van der Waals surface area contributed by atoms with Gasteiger partial charge < -0.3 is 0 Å². The first-order chi connectivity index (χ1) is 7.90. The van der Waals surface area contributed by atoms with Crippen LogP contribution in [0.1, 0.15) is 18.1 Å². The molecule has 0 aliphatic carbocycles. The molecule has 0 fully saturated rings. The Labute approximate surface area is 102 Å². The van der Waals surface area contributed by atoms with Crippen LogP contribution in [0.2, 0.25) is 0 Å². The van der Waals surface area contributed by atoms with E-state index in [1.165, 1.54) is 24.3 Å². The second-order valence-corrected chi connectivity index (χ2v) is 5.45. The quantitative estimate of drug-likeness (QED) is 0.827. The van der Waals surface area contributed by atoms with Crippen molar-refractivity contribution in [3.63, 3.8) is 0 Å². The zero-order valence-corrected chi connectivity index (χ0v) is 10.6. The molecule has 0 saturated carbocycles. The molecule has 1 rings (SSSR count). The maximum Gasteiger partial charge on any atom is 0.241 e. The molecule has 0 bridgehead atoms. The van der Waals surface area contributed by atoms with Crippen LogP contribution < -0.4 is 4.72 Å². The highest BCUT2D eigenvalue weighted by Crippen LogP contribution is 2.15. The lowest BCUT2D eigenvalue weighted by Gasteiger charge is -2.11. The highest BCUT2D eigenvalue weighted by molar-refractivity contribution is 7.89. The molecule has 1 atom stereocenters. The van der Waals surface area contributed by atoms with Crippen molar-refractivity contribution in [1.29, 1.82) is 5.26 Å². The summed E-state index contributed by atoms with van der Waals surface area (Å²) in [5.41, 5.74) is 1.11. The summed E-state index contributed by atoms with van der Waals surface area (Å²) in [7, 11) is -3.55. The largest absolute Gasteiger partial charge is 0.241 e. The topological polar surface area (TPSA) is 70.0 Å². The van der Waals surface area contributed by atoms with Gasteiger partial charge in [0.05, 0.1) is 16.5 Å². The van der Waals surface area contributed by atoms with Crippen LogP contribution in [0.15, 0.2) is 35.7 Å². The van der Waals surface area contributed by atoms with Gasteiger partial charge in [-0.15, -0.1) is 6.58 Å². The summed E-state index contributed by atoms with van der Waals surface area (Å²) in [4.78, 5) is 0.155. The molecule has 17 heavy (non-hydrogen) atoms. The molecule has 0 aromatic heterocycles. The summed E-state index contributed by atoms with van der Waals surface area (Å²) >= 11 is 0. The number of aryl methyl sites for hydroxylation is 1. The van der Waals surface area contributed by atoms with Crippen molar-refractivity contribution in [3.8, 4) is 6.07 Å². The smallest absolute Gasteiger partial charge is 0.207 e. The summed E-state index contributed by atoms with van der Waals surface area (Å²) in [5.74, 6) is 0. The molecule has 4 nitrogen and oxygen atoms in total. The maximum absolute atomic E-state index is 11.9. The van der Waals surface area contributed by atoms with Crippen molar-refractivity contribution in [3.05, 3.63) is 42.0 Å². The van der Waals surface area contributed by atoms with Crippen LogP contribution in [0, 0.1) is 18.3 Å². The zero-order chi connectivity index (χ0) is 13.1. The maximum atomic E-state index is 11.9. The third-order valence-electron chi connectivity index (χ3n) is 2.32. The van der Waals surface area contributed by atoms with Gasteiger partial charge in [-0.2, -0.15) is 5.26 Å². The lowest BCUT2D eigenvalue weighted by molar-refractivity contribution is 0.576. The highest BCUT2D eigenvalue weighted by atomic mass is 32.2. The molecule has 0 aliphatic rings. The molecular weight excluding hydrogens is 236 g/mol. The van der Waals surface area contributed by atoms with Crippen molar-refractivity contribution in [2.75, 3.05) is 0 Å². The van der Waals surface area contributed by atoms with Crippen LogP contribution in [0.4, 0.5) is 0 Å². The van der Waals surface area contributed by atoms with E-state index in [-0.39, 0.29) is 10.9 Å². The van der Waals surface area contributed by atoms with Gasteiger partial charge in [-0.05, 0) is 37.6 Å². The number of hydrogen-bond donors (Lipinski definition) is 1. The third kappa shape index (κ3) is 3.16. The zero-order valence-electron chi connectivity index (χ0n) is 9.77. The van der Waals surface area contributed by atoms with Gasteiger partial charge in [0.1, 0.15) is 0 Å². The minimum Gasteiger partial charge on any atom is -0.207 e. The minimum absolute atomic E-state index is 0.155. The number of nitrogens with zero attached hydrogens (tertiary/aromatic N) is 1. The Morgan fingerprint density at radius 3 is 2.65 bits per heavy atom. The number of rotatable bonds is 4. The van der Waals surface area contributed by atoms with Crippen LogP contribution in [-0.4, -0.2) is 14.5 Å². The van der Waals surface area contributed by atoms with E-state index < -0.39 is 10.0 Å². The number of hydrogen-bond acceptors (Lipinski definition) is 3. The standard InChI is InChI=1S/C12H14N2O2S/c1-4-10(3)14-17(15,16)12-6-5-11(8-13)9(2)7-12/h4-7,10,14H,1H2,2-3H3. The summed E-state index contributed by atoms with van der Waals surface area (Å²) in [6.07, 6.45) is 1.51. The minimum atomic E-state index is -3.55. The fourth-order valence-corrected chi connectivity index (χ4v) is 2.59. The van der Waals surface area contributed by atoms with Crippen molar-refractivity contribution < 1.29 is 8.42 Å². The summed E-state index contributed by atoms with van der Waals surface area (Å²) in [6.45, 7) is 6.91. The second-order valence-electron chi connectivity index (χ2n) is 3.73. The first-order valence-electron chi connectivity index (χ1n) is 5.06. The van der Waals surface area contributed by atoms with Gasteiger partial charge in [-0.1, -0.05) is 6.08 Å². The summed E-state index contributed by atoms with van der Waals surface area (Å²) in [5, 5.41) is 8.77. The lowest BCUT2D eigenvalue weighted by atomic mass is 10.1. The summed E-state index contributed by atoms with van der Waals surface area (Å²) < 4.78 is 26.3. The lowest BCUT2D eigenvalue weighted by Crippen LogP contribution is -2.31. The van der Waals surface area contributed by atoms with Gasteiger partial charge in [0.25, 0.3) is 0 Å². The number of sulfonamides is 1. The first kappa shape index (κ1) is 13.4. The highest BCUT2D eigenvalue weighted by Gasteiger charge is 2.16. The van der Waals surface area contributed by atoms with Crippen molar-refractivity contribution in [2.45, 2.75) is 24.8 Å². The molecule has 5 heteroatoms. The van der Waals surface area contributed by atoms with Gasteiger partial charge in [0.15, 0.2) is 0 Å². The molecule has 0 radical (unpaired) electrons. The molecule has 0 saturated heterocycles. The molecule has 0 spiro atoms. The van der Waals surface area contributed by atoms with E-state index >= 15 is 0 Å². The van der Waals surface area contributed by atoms with E-state index in [4.69, 9.17) is 5.26 Å². The summed E-state index contributed by atoms with van der Waals surface area (Å²) in [6, 6.07) is 6.06. The molecule has 1 N–H and O–H groups in total. The van der Waals surface area contributed by atoms with Crippen molar-refractivity contribution in [1.82, 2.24) is 4.72 Å². The van der Waals surface area contributed by atoms with Gasteiger partial charge in [-0.3, -0.25) is 0 Å². The van der Waals surface area contributed by atoms with Gasteiger partial charge in [-0.25, -0.2) is 13.1 Å². The molecule has 0 amide bonds. The molecule has 0 aliphatic heterocycles. The van der Waals surface area contributed by atoms with Crippen LogP contribution in [-0.2, 0) is 10.0 Å². The monoisotopic (exact) mass is 250 g/mol. The van der Waals surface area contributed by atoms with E-state index in [1.54, 1.807) is 13.8 Å². The van der Waals surface area contributed by atoms with Crippen LogP contribution >= 0.6 is 0 Å². The SMILES string of the molecule is C=CC(C)NS(=O)(=O)c1ccc(C#N)c(C)c1. The molecule has 1 aromatic rings. The van der Waals surface area contributed by atoms with E-state index in [0.717, 1.165) is 0 Å². The average Bonchev–Trinajstić information content (AvgIpc) is 2.28. The van der Waals surface area contributed by atoms with Gasteiger partial charge >= 0.3 is 0 Å². The van der Waals surface area contributed by atoms with Crippen LogP contribution in [0.3, 0.4) is 0 Å². The second kappa shape index (κ2) is 5.13. The Morgan fingerprint density at radius 1 is 1.53 bits per heavy atom. The van der Waals surface area contributed by atoms with Gasteiger partial charge in [0, 0.05) is 6.04 Å². The Balaban J connectivity index is 3.13. The Hall–Kier alpha value is -1.64. The number of benzene rings is 1. The van der Waals surface area contributed by atoms with E-state index in [1.807, 2.05) is 6.07 Å². The molecule has 90 valence electrons. The predicted molar refractivity (Wildman–Crippen MR) is 65.9 cm³/mol. The fourth-order valence-electron chi connectivity index (χ4n) is 1.29. The van der Waals surface area contributed by atoms with Crippen molar-refractivity contribution in [2.24, 2.45) is 0 Å². The predicted octanol–water partition coefficient (Wildman–Crippen LogP) is 1.72. The molecule has 0 heterocycles. The molecule has 1 unspecified atom stereocenters. The van der Waals surface area contributed by atoms with E-state index in [9.17, 15) is 8.42 Å². The Morgan fingerprint density at radius 2 is 2.18 bits per heavy atom. The average molecular weight is 250 g/mol. The Kier molecular flexibility index (Phi) is 4.05. The van der Waals surface area contributed by atoms with E-state index in [0.29, 0.717) is 11.1 Å². The van der Waals surface area contributed by atoms with Crippen molar-refractivity contribution >= 4 is 10.0 Å².